The van der Waals surface area contributed by atoms with Crippen LogP contribution in [0.15, 0.2) is 34.6 Å². The van der Waals surface area contributed by atoms with Crippen molar-refractivity contribution in [2.75, 3.05) is 0 Å². The molecule has 1 aromatic rings. The molecule has 1 aromatic heterocycles. The summed E-state index contributed by atoms with van der Waals surface area (Å²) in [5, 5.41) is 0.220. The lowest BCUT2D eigenvalue weighted by Gasteiger charge is -2.06. The number of rotatable bonds is 2. The first-order chi connectivity index (χ1) is 7.74. The van der Waals surface area contributed by atoms with Crippen LogP contribution in [0.2, 0.25) is 0 Å². The molecular weight excluding hydrogens is 286 g/mol. The minimum atomic E-state index is 0.220. The molecule has 0 aliphatic heterocycles. The summed E-state index contributed by atoms with van der Waals surface area (Å²) >= 11 is 9.66. The molecule has 0 radical (unpaired) electrons. The van der Waals surface area contributed by atoms with E-state index in [1.165, 1.54) is 30.4 Å². The van der Waals surface area contributed by atoms with Gasteiger partial charge in [-0.15, -0.1) is 11.6 Å². The number of halogens is 2. The number of allylic oxidation sites excluding steroid dienone is 2. The lowest BCUT2D eigenvalue weighted by atomic mass is 10.0. The van der Waals surface area contributed by atoms with E-state index in [1.807, 2.05) is 12.4 Å². The fraction of sp³-hybridized carbons (Fsp3) is 0.462. The predicted molar refractivity (Wildman–Crippen MR) is 71.8 cm³/mol. The molecule has 0 N–H and O–H groups in total. The van der Waals surface area contributed by atoms with E-state index in [0.29, 0.717) is 0 Å². The normalized spacial score (nSPS) is 21.4. The van der Waals surface area contributed by atoms with Crippen LogP contribution in [0.25, 0.3) is 0 Å². The van der Waals surface area contributed by atoms with Crippen molar-refractivity contribution in [2.45, 2.75) is 37.5 Å². The largest absolute Gasteiger partial charge is 0.263 e. The van der Waals surface area contributed by atoms with Gasteiger partial charge in [0, 0.05) is 16.9 Å². The van der Waals surface area contributed by atoms with Crippen molar-refractivity contribution in [2.24, 2.45) is 0 Å². The summed E-state index contributed by atoms with van der Waals surface area (Å²) in [5.74, 6) is 0. The minimum absolute atomic E-state index is 0.220. The van der Waals surface area contributed by atoms with E-state index in [0.717, 1.165) is 17.3 Å². The van der Waals surface area contributed by atoms with E-state index >= 15 is 0 Å². The van der Waals surface area contributed by atoms with Gasteiger partial charge in [0.2, 0.25) is 0 Å². The standard InChI is InChI=1S/C13H15BrClN/c14-12-6-11(8-16-9-12)5-10-3-1-2-4-13(15)7-10/h6-9,13H,1-5H2. The van der Waals surface area contributed by atoms with Crippen molar-refractivity contribution in [3.63, 3.8) is 0 Å². The molecule has 3 heteroatoms. The van der Waals surface area contributed by atoms with E-state index < -0.39 is 0 Å². The number of aromatic nitrogens is 1. The summed E-state index contributed by atoms with van der Waals surface area (Å²) in [6.45, 7) is 0. The van der Waals surface area contributed by atoms with Gasteiger partial charge in [-0.25, -0.2) is 0 Å². The molecule has 1 unspecified atom stereocenters. The highest BCUT2D eigenvalue weighted by atomic mass is 79.9. The van der Waals surface area contributed by atoms with Crippen molar-refractivity contribution in [1.29, 1.82) is 0 Å². The first kappa shape index (κ1) is 12.1. The topological polar surface area (TPSA) is 12.9 Å². The third-order valence-electron chi connectivity index (χ3n) is 2.84. The molecule has 16 heavy (non-hydrogen) atoms. The summed E-state index contributed by atoms with van der Waals surface area (Å²) in [5.41, 5.74) is 2.71. The summed E-state index contributed by atoms with van der Waals surface area (Å²) in [6.07, 6.45) is 11.7. The lowest BCUT2D eigenvalue weighted by Crippen LogP contribution is -1.95. The Morgan fingerprint density at radius 1 is 1.38 bits per heavy atom. The van der Waals surface area contributed by atoms with Crippen LogP contribution >= 0.6 is 27.5 Å². The van der Waals surface area contributed by atoms with Crippen LogP contribution in [-0.4, -0.2) is 10.4 Å². The van der Waals surface area contributed by atoms with Crippen molar-refractivity contribution >= 4 is 27.5 Å². The van der Waals surface area contributed by atoms with Crippen LogP contribution in [-0.2, 0) is 6.42 Å². The Labute approximate surface area is 110 Å². The molecule has 1 nitrogen and oxygen atoms in total. The fourth-order valence-electron chi connectivity index (χ4n) is 2.08. The third kappa shape index (κ3) is 3.60. The molecule has 0 bridgehead atoms. The zero-order valence-electron chi connectivity index (χ0n) is 9.13. The molecular formula is C13H15BrClN. The first-order valence-electron chi connectivity index (χ1n) is 5.67. The molecule has 1 aliphatic rings. The SMILES string of the molecule is ClC1C=C(Cc2cncc(Br)c2)CCCC1. The number of hydrogen-bond acceptors (Lipinski definition) is 1. The Hall–Kier alpha value is -0.340. The maximum absolute atomic E-state index is 6.21. The van der Waals surface area contributed by atoms with Gasteiger partial charge in [-0.1, -0.05) is 18.1 Å². The summed E-state index contributed by atoms with van der Waals surface area (Å²) in [4.78, 5) is 4.19. The number of alkyl halides is 1. The molecule has 1 heterocycles. The lowest BCUT2D eigenvalue weighted by molar-refractivity contribution is 0.709. The van der Waals surface area contributed by atoms with E-state index in [4.69, 9.17) is 11.6 Å². The fourth-order valence-corrected chi connectivity index (χ4v) is 2.82. The third-order valence-corrected chi connectivity index (χ3v) is 3.61. The Morgan fingerprint density at radius 3 is 3.06 bits per heavy atom. The van der Waals surface area contributed by atoms with Gasteiger partial charge in [-0.05, 0) is 53.2 Å². The Morgan fingerprint density at radius 2 is 2.25 bits per heavy atom. The minimum Gasteiger partial charge on any atom is -0.263 e. The van der Waals surface area contributed by atoms with Gasteiger partial charge < -0.3 is 0 Å². The number of pyridine rings is 1. The maximum Gasteiger partial charge on any atom is 0.0518 e. The highest BCUT2D eigenvalue weighted by Crippen LogP contribution is 2.24. The molecule has 1 aliphatic carbocycles. The molecule has 0 saturated heterocycles. The van der Waals surface area contributed by atoms with E-state index in [2.05, 4.69) is 33.1 Å². The second-order valence-electron chi connectivity index (χ2n) is 4.27. The van der Waals surface area contributed by atoms with Crippen LogP contribution in [0.5, 0.6) is 0 Å². The van der Waals surface area contributed by atoms with Gasteiger partial charge in [-0.3, -0.25) is 4.98 Å². The zero-order valence-corrected chi connectivity index (χ0v) is 11.5. The zero-order chi connectivity index (χ0) is 11.4. The van der Waals surface area contributed by atoms with Gasteiger partial charge in [0.15, 0.2) is 0 Å². The van der Waals surface area contributed by atoms with Crippen molar-refractivity contribution in [1.82, 2.24) is 4.98 Å². The molecule has 1 atom stereocenters. The summed E-state index contributed by atoms with van der Waals surface area (Å²) < 4.78 is 1.04. The van der Waals surface area contributed by atoms with Gasteiger partial charge >= 0.3 is 0 Å². The van der Waals surface area contributed by atoms with E-state index in [1.54, 1.807) is 0 Å². The van der Waals surface area contributed by atoms with Crippen LogP contribution in [0, 0.1) is 0 Å². The number of nitrogens with zero attached hydrogens (tertiary/aromatic N) is 1. The molecule has 86 valence electrons. The van der Waals surface area contributed by atoms with Crippen molar-refractivity contribution < 1.29 is 0 Å². The average molecular weight is 301 g/mol. The molecule has 2 rings (SSSR count). The van der Waals surface area contributed by atoms with Crippen LogP contribution in [0.1, 0.15) is 31.2 Å². The highest BCUT2D eigenvalue weighted by molar-refractivity contribution is 9.10. The average Bonchev–Trinajstić information content (AvgIpc) is 2.43. The Kier molecular flexibility index (Phi) is 4.42. The van der Waals surface area contributed by atoms with E-state index in [9.17, 15) is 0 Å². The van der Waals surface area contributed by atoms with E-state index in [-0.39, 0.29) is 5.38 Å². The summed E-state index contributed by atoms with van der Waals surface area (Å²) in [7, 11) is 0. The monoisotopic (exact) mass is 299 g/mol. The molecule has 0 saturated carbocycles. The van der Waals surface area contributed by atoms with Gasteiger partial charge in [0.25, 0.3) is 0 Å². The number of hydrogen-bond donors (Lipinski definition) is 0. The first-order valence-corrected chi connectivity index (χ1v) is 6.90. The van der Waals surface area contributed by atoms with Gasteiger partial charge in [-0.2, -0.15) is 0 Å². The highest BCUT2D eigenvalue weighted by Gasteiger charge is 2.10. The molecule has 0 fully saturated rings. The molecule has 0 aromatic carbocycles. The smallest absolute Gasteiger partial charge is 0.0518 e. The quantitative estimate of drug-likeness (QED) is 0.579. The second-order valence-corrected chi connectivity index (χ2v) is 5.75. The molecule has 0 spiro atoms. The summed E-state index contributed by atoms with van der Waals surface area (Å²) in [6, 6.07) is 2.13. The van der Waals surface area contributed by atoms with Gasteiger partial charge in [0.05, 0.1) is 5.38 Å². The second kappa shape index (κ2) is 5.83. The van der Waals surface area contributed by atoms with Crippen molar-refractivity contribution in [3.8, 4) is 0 Å². The van der Waals surface area contributed by atoms with Crippen molar-refractivity contribution in [3.05, 3.63) is 40.1 Å². The Bertz CT molecular complexity index is 389. The van der Waals surface area contributed by atoms with Crippen LogP contribution < -0.4 is 0 Å². The predicted octanol–water partition coefficient (Wildman–Crippen LogP) is 4.49. The molecule has 0 amide bonds. The Balaban J connectivity index is 2.08. The van der Waals surface area contributed by atoms with Crippen LogP contribution in [0.4, 0.5) is 0 Å². The van der Waals surface area contributed by atoms with Gasteiger partial charge in [0.1, 0.15) is 0 Å². The van der Waals surface area contributed by atoms with Crippen LogP contribution in [0.3, 0.4) is 0 Å². The maximum atomic E-state index is 6.21.